The molecule has 0 bridgehead atoms. The molecule has 1 heterocycles. The largest absolute Gasteiger partial charge is 0.349 e. The van der Waals surface area contributed by atoms with Gasteiger partial charge in [0.05, 0.1) is 11.8 Å². The van der Waals surface area contributed by atoms with Crippen LogP contribution >= 0.6 is 11.6 Å². The van der Waals surface area contributed by atoms with Gasteiger partial charge in [0, 0.05) is 28.9 Å². The molecule has 3 unspecified atom stereocenters. The van der Waals surface area contributed by atoms with Gasteiger partial charge >= 0.3 is 0 Å². The molecule has 1 aromatic carbocycles. The Morgan fingerprint density at radius 1 is 1.14 bits per heavy atom. The van der Waals surface area contributed by atoms with Gasteiger partial charge in [-0.15, -0.1) is 0 Å². The zero-order chi connectivity index (χ0) is 20.5. The minimum absolute atomic E-state index is 0.0815. The summed E-state index contributed by atoms with van der Waals surface area (Å²) in [6.07, 6.45) is 5.09. The third kappa shape index (κ3) is 4.27. The quantitative estimate of drug-likeness (QED) is 0.753. The lowest BCUT2D eigenvalue weighted by Crippen LogP contribution is -2.39. The second kappa shape index (κ2) is 8.11. The molecular weight excluding hydrogens is 393 g/mol. The average Bonchev–Trinajstić information content (AvgIpc) is 3.20. The van der Waals surface area contributed by atoms with Crippen LogP contribution < -0.4 is 10.6 Å². The van der Waals surface area contributed by atoms with Crippen LogP contribution in [0.15, 0.2) is 42.7 Å². The number of halogens is 2. The van der Waals surface area contributed by atoms with Crippen molar-refractivity contribution in [3.8, 4) is 0 Å². The maximum absolute atomic E-state index is 13.3. The van der Waals surface area contributed by atoms with Crippen LogP contribution in [-0.4, -0.2) is 28.9 Å². The fourth-order valence-corrected chi connectivity index (χ4v) is 4.86. The Balaban J connectivity index is 1.30. The second-order valence-corrected chi connectivity index (χ2v) is 8.37. The van der Waals surface area contributed by atoms with Gasteiger partial charge < -0.3 is 10.6 Å². The summed E-state index contributed by atoms with van der Waals surface area (Å²) in [6, 6.07) is 8.28. The SMILES string of the molecule is CCC(NC(=O)c1ccc(Cl)cc1)C1C2CC(NC(=O)c3cncc(F)c3)CC21. The Morgan fingerprint density at radius 3 is 2.45 bits per heavy atom. The number of amides is 2. The second-order valence-electron chi connectivity index (χ2n) is 7.93. The lowest BCUT2D eigenvalue weighted by Gasteiger charge is -2.22. The van der Waals surface area contributed by atoms with Crippen molar-refractivity contribution in [1.29, 1.82) is 0 Å². The molecule has 2 aliphatic carbocycles. The summed E-state index contributed by atoms with van der Waals surface area (Å²) in [4.78, 5) is 28.5. The Hall–Kier alpha value is -2.47. The van der Waals surface area contributed by atoms with E-state index in [4.69, 9.17) is 11.6 Å². The molecule has 0 spiro atoms. The van der Waals surface area contributed by atoms with Crippen molar-refractivity contribution >= 4 is 23.4 Å². The molecule has 2 aromatic rings. The Labute approximate surface area is 174 Å². The van der Waals surface area contributed by atoms with Crippen molar-refractivity contribution in [2.24, 2.45) is 17.8 Å². The lowest BCUT2D eigenvalue weighted by atomic mass is 9.99. The minimum Gasteiger partial charge on any atom is -0.349 e. The van der Waals surface area contributed by atoms with Crippen LogP contribution in [0.3, 0.4) is 0 Å². The van der Waals surface area contributed by atoms with E-state index in [1.807, 2.05) is 0 Å². The Bertz CT molecular complexity index is 909. The molecule has 2 aliphatic rings. The number of hydrogen-bond donors (Lipinski definition) is 2. The smallest absolute Gasteiger partial charge is 0.253 e. The first-order chi connectivity index (χ1) is 14.0. The Morgan fingerprint density at radius 2 is 1.83 bits per heavy atom. The number of nitrogens with one attached hydrogen (secondary N) is 2. The molecule has 2 saturated carbocycles. The van der Waals surface area contributed by atoms with Crippen LogP contribution in [-0.2, 0) is 0 Å². The fraction of sp³-hybridized carbons (Fsp3) is 0.409. The molecule has 2 fully saturated rings. The van der Waals surface area contributed by atoms with Crippen molar-refractivity contribution in [3.05, 3.63) is 64.7 Å². The molecule has 7 heteroatoms. The van der Waals surface area contributed by atoms with Crippen molar-refractivity contribution in [3.63, 3.8) is 0 Å². The molecule has 0 saturated heterocycles. The van der Waals surface area contributed by atoms with Gasteiger partial charge in [0.25, 0.3) is 11.8 Å². The summed E-state index contributed by atoms with van der Waals surface area (Å²) >= 11 is 5.89. The zero-order valence-corrected chi connectivity index (χ0v) is 16.8. The highest BCUT2D eigenvalue weighted by Crippen LogP contribution is 2.59. The predicted molar refractivity (Wildman–Crippen MR) is 108 cm³/mol. The zero-order valence-electron chi connectivity index (χ0n) is 16.1. The Kier molecular flexibility index (Phi) is 5.54. The van der Waals surface area contributed by atoms with Gasteiger partial charge in [-0.3, -0.25) is 14.6 Å². The topological polar surface area (TPSA) is 71.1 Å². The normalized spacial score (nSPS) is 25.8. The van der Waals surface area contributed by atoms with Crippen LogP contribution in [0.1, 0.15) is 46.9 Å². The molecule has 0 aliphatic heterocycles. The molecule has 5 nitrogen and oxygen atoms in total. The number of rotatable bonds is 6. The predicted octanol–water partition coefficient (Wildman–Crippen LogP) is 3.84. The lowest BCUT2D eigenvalue weighted by molar-refractivity contribution is 0.0927. The number of aromatic nitrogens is 1. The van der Waals surface area contributed by atoms with Gasteiger partial charge in [-0.25, -0.2) is 4.39 Å². The first-order valence-corrected chi connectivity index (χ1v) is 10.3. The summed E-state index contributed by atoms with van der Waals surface area (Å²) in [5, 5.41) is 6.75. The first-order valence-electron chi connectivity index (χ1n) is 9.94. The van der Waals surface area contributed by atoms with E-state index in [-0.39, 0.29) is 29.5 Å². The van der Waals surface area contributed by atoms with Crippen LogP contribution in [0.5, 0.6) is 0 Å². The number of carbonyl (C=O) groups excluding carboxylic acids is 2. The van der Waals surface area contributed by atoms with E-state index >= 15 is 0 Å². The van der Waals surface area contributed by atoms with E-state index in [1.54, 1.807) is 24.3 Å². The molecule has 2 amide bonds. The number of fused-ring (bicyclic) bond motifs is 1. The third-order valence-electron chi connectivity index (χ3n) is 6.14. The molecule has 2 N–H and O–H groups in total. The van der Waals surface area contributed by atoms with Gasteiger partial charge in [0.2, 0.25) is 0 Å². The first kappa shape index (κ1) is 19.8. The van der Waals surface area contributed by atoms with Gasteiger partial charge in [0.15, 0.2) is 0 Å². The molecule has 3 atom stereocenters. The van der Waals surface area contributed by atoms with Gasteiger partial charge in [-0.2, -0.15) is 0 Å². The van der Waals surface area contributed by atoms with Crippen LogP contribution in [0.4, 0.5) is 4.39 Å². The number of benzene rings is 1. The average molecular weight is 416 g/mol. The van der Waals surface area contributed by atoms with E-state index in [0.717, 1.165) is 25.5 Å². The van der Waals surface area contributed by atoms with Gasteiger partial charge in [-0.05, 0) is 67.3 Å². The fourth-order valence-electron chi connectivity index (χ4n) is 4.73. The molecule has 0 radical (unpaired) electrons. The monoisotopic (exact) mass is 415 g/mol. The number of nitrogens with zero attached hydrogens (tertiary/aromatic N) is 1. The van der Waals surface area contributed by atoms with Crippen LogP contribution in [0, 0.1) is 23.6 Å². The van der Waals surface area contributed by atoms with Crippen molar-refractivity contribution in [2.45, 2.75) is 38.3 Å². The highest BCUT2D eigenvalue weighted by molar-refractivity contribution is 6.30. The van der Waals surface area contributed by atoms with Crippen LogP contribution in [0.25, 0.3) is 0 Å². The number of hydrogen-bond acceptors (Lipinski definition) is 3. The van der Waals surface area contributed by atoms with Crippen molar-refractivity contribution in [2.75, 3.05) is 0 Å². The maximum Gasteiger partial charge on any atom is 0.253 e. The van der Waals surface area contributed by atoms with Crippen molar-refractivity contribution in [1.82, 2.24) is 15.6 Å². The molecule has 29 heavy (non-hydrogen) atoms. The van der Waals surface area contributed by atoms with E-state index in [9.17, 15) is 14.0 Å². The molecule has 1 aromatic heterocycles. The third-order valence-corrected chi connectivity index (χ3v) is 6.39. The summed E-state index contributed by atoms with van der Waals surface area (Å²) < 4.78 is 13.3. The molecule has 4 rings (SSSR count). The molecular formula is C22H23ClFN3O2. The number of carbonyl (C=O) groups is 2. The number of pyridine rings is 1. The summed E-state index contributed by atoms with van der Waals surface area (Å²) in [6.45, 7) is 2.08. The van der Waals surface area contributed by atoms with E-state index in [1.165, 1.54) is 12.3 Å². The van der Waals surface area contributed by atoms with E-state index in [0.29, 0.717) is 28.3 Å². The van der Waals surface area contributed by atoms with Crippen molar-refractivity contribution < 1.29 is 14.0 Å². The molecule has 152 valence electrons. The maximum atomic E-state index is 13.3. The minimum atomic E-state index is -0.519. The summed E-state index contributed by atoms with van der Waals surface area (Å²) in [5.41, 5.74) is 0.844. The highest BCUT2D eigenvalue weighted by atomic mass is 35.5. The van der Waals surface area contributed by atoms with Gasteiger partial charge in [0.1, 0.15) is 5.82 Å². The van der Waals surface area contributed by atoms with E-state index in [2.05, 4.69) is 22.5 Å². The van der Waals surface area contributed by atoms with Crippen LogP contribution in [0.2, 0.25) is 5.02 Å². The van der Waals surface area contributed by atoms with Gasteiger partial charge in [-0.1, -0.05) is 18.5 Å². The summed E-state index contributed by atoms with van der Waals surface area (Å²) in [7, 11) is 0. The highest BCUT2D eigenvalue weighted by Gasteiger charge is 2.58. The standard InChI is InChI=1S/C22H23ClFN3O2/c1-2-19(27-21(28)12-3-5-14(23)6-4-12)20-17-8-16(9-18(17)20)26-22(29)13-7-15(24)11-25-10-13/h3-7,10-11,16-20H,2,8-9H2,1H3,(H,26,29)(H,27,28). The van der Waals surface area contributed by atoms with E-state index < -0.39 is 5.82 Å². The summed E-state index contributed by atoms with van der Waals surface area (Å²) in [5.74, 6) is 0.558.